The molecule has 0 saturated carbocycles. The molecule has 0 aliphatic carbocycles. The lowest BCUT2D eigenvalue weighted by molar-refractivity contribution is -0.148. The second-order valence-corrected chi connectivity index (χ2v) is 6.47. The van der Waals surface area contributed by atoms with Crippen LogP contribution in [-0.4, -0.2) is 60.9 Å². The summed E-state index contributed by atoms with van der Waals surface area (Å²) in [6.45, 7) is 9.99. The summed E-state index contributed by atoms with van der Waals surface area (Å²) < 4.78 is 0. The topological polar surface area (TPSA) is 52.6 Å². The monoisotopic (exact) mass is 281 g/mol. The Morgan fingerprint density at radius 1 is 1.20 bits per heavy atom. The van der Waals surface area contributed by atoms with Gasteiger partial charge in [-0.25, -0.2) is 0 Å². The number of hydrogen-bond acceptors (Lipinski definition) is 3. The molecule has 2 saturated heterocycles. The average Bonchev–Trinajstić information content (AvgIpc) is 2.43. The maximum absolute atomic E-state index is 11.7. The number of hydrogen-bond donors (Lipinski definition) is 1. The summed E-state index contributed by atoms with van der Waals surface area (Å²) in [6.07, 6.45) is 3.54. The van der Waals surface area contributed by atoms with Crippen molar-refractivity contribution in [3.8, 4) is 0 Å². The summed E-state index contributed by atoms with van der Waals surface area (Å²) >= 11 is 0. The van der Waals surface area contributed by atoms with Crippen molar-refractivity contribution in [3.05, 3.63) is 0 Å². The molecule has 0 radical (unpaired) electrons. The molecular weight excluding hydrogens is 254 g/mol. The minimum Gasteiger partial charge on any atom is -0.346 e. The lowest BCUT2D eigenvalue weighted by Crippen LogP contribution is -2.53. The van der Waals surface area contributed by atoms with Crippen LogP contribution in [0.5, 0.6) is 0 Å². The molecule has 0 unspecified atom stereocenters. The van der Waals surface area contributed by atoms with Gasteiger partial charge < -0.3 is 15.1 Å². The molecule has 0 bridgehead atoms. The fraction of sp³-hybridized carbons (Fsp3) is 0.867. The van der Waals surface area contributed by atoms with Crippen LogP contribution in [0, 0.1) is 11.8 Å². The van der Waals surface area contributed by atoms with Crippen molar-refractivity contribution >= 4 is 11.8 Å². The second kappa shape index (κ2) is 7.07. The number of piperazine rings is 1. The number of piperidine rings is 1. The fourth-order valence-electron chi connectivity index (χ4n) is 2.94. The van der Waals surface area contributed by atoms with E-state index >= 15 is 0 Å². The van der Waals surface area contributed by atoms with Crippen LogP contribution in [0.15, 0.2) is 0 Å². The molecule has 20 heavy (non-hydrogen) atoms. The van der Waals surface area contributed by atoms with Crippen molar-refractivity contribution in [1.29, 1.82) is 0 Å². The Balaban J connectivity index is 1.71. The third-order valence-electron chi connectivity index (χ3n) is 4.36. The number of nitrogens with one attached hydrogen (secondary N) is 1. The maximum Gasteiger partial charge on any atom is 0.311 e. The van der Waals surface area contributed by atoms with Gasteiger partial charge in [-0.1, -0.05) is 13.8 Å². The summed E-state index contributed by atoms with van der Waals surface area (Å²) in [5.74, 6) is 0.529. The van der Waals surface area contributed by atoms with E-state index in [1.807, 2.05) is 0 Å². The van der Waals surface area contributed by atoms with E-state index in [4.69, 9.17) is 0 Å². The number of nitrogens with zero attached hydrogens (tertiary/aromatic N) is 2. The van der Waals surface area contributed by atoms with Crippen molar-refractivity contribution in [3.63, 3.8) is 0 Å². The smallest absolute Gasteiger partial charge is 0.311 e. The lowest BCUT2D eigenvalue weighted by Gasteiger charge is -2.36. The molecule has 1 N–H and O–H groups in total. The Kier molecular flexibility index (Phi) is 5.40. The van der Waals surface area contributed by atoms with E-state index in [1.165, 1.54) is 13.0 Å². The lowest BCUT2D eigenvalue weighted by atomic mass is 9.95. The molecule has 0 aromatic rings. The number of carbonyl (C=O) groups excluding carboxylic acids is 2. The van der Waals surface area contributed by atoms with E-state index in [9.17, 15) is 9.59 Å². The van der Waals surface area contributed by atoms with Crippen molar-refractivity contribution in [2.45, 2.75) is 33.1 Å². The molecule has 2 aliphatic rings. The molecule has 5 heteroatoms. The van der Waals surface area contributed by atoms with Crippen LogP contribution in [0.1, 0.15) is 33.1 Å². The molecule has 2 aliphatic heterocycles. The minimum atomic E-state index is -0.439. The Morgan fingerprint density at radius 2 is 1.90 bits per heavy atom. The first kappa shape index (κ1) is 15.3. The van der Waals surface area contributed by atoms with Gasteiger partial charge in [0.1, 0.15) is 0 Å². The van der Waals surface area contributed by atoms with Crippen LogP contribution in [0.25, 0.3) is 0 Å². The minimum absolute atomic E-state index is 0.349. The Bertz CT molecular complexity index is 349. The third-order valence-corrected chi connectivity index (χ3v) is 4.36. The highest BCUT2D eigenvalue weighted by Crippen LogP contribution is 2.19. The van der Waals surface area contributed by atoms with Crippen LogP contribution in [-0.2, 0) is 9.59 Å². The molecule has 0 aromatic heterocycles. The van der Waals surface area contributed by atoms with Crippen LogP contribution in [0.2, 0.25) is 0 Å². The van der Waals surface area contributed by atoms with Gasteiger partial charge in [0.15, 0.2) is 0 Å². The maximum atomic E-state index is 11.7. The van der Waals surface area contributed by atoms with E-state index in [-0.39, 0.29) is 5.91 Å². The van der Waals surface area contributed by atoms with Gasteiger partial charge in [0, 0.05) is 19.6 Å². The second-order valence-electron chi connectivity index (χ2n) is 6.47. The SMILES string of the molecule is CC(C)CCN1CCC(CN2CCNC(=O)C2=O)CC1. The third kappa shape index (κ3) is 4.20. The van der Waals surface area contributed by atoms with E-state index in [2.05, 4.69) is 24.1 Å². The van der Waals surface area contributed by atoms with Crippen LogP contribution < -0.4 is 5.32 Å². The molecule has 114 valence electrons. The largest absolute Gasteiger partial charge is 0.346 e. The van der Waals surface area contributed by atoms with Gasteiger partial charge in [0.05, 0.1) is 0 Å². The molecule has 2 fully saturated rings. The van der Waals surface area contributed by atoms with E-state index in [0.717, 1.165) is 38.4 Å². The molecule has 5 nitrogen and oxygen atoms in total. The van der Waals surface area contributed by atoms with Gasteiger partial charge in [-0.15, -0.1) is 0 Å². The van der Waals surface area contributed by atoms with Crippen molar-refractivity contribution < 1.29 is 9.59 Å². The summed E-state index contributed by atoms with van der Waals surface area (Å²) in [4.78, 5) is 27.3. The Morgan fingerprint density at radius 3 is 2.55 bits per heavy atom. The highest BCUT2D eigenvalue weighted by Gasteiger charge is 2.29. The quantitative estimate of drug-likeness (QED) is 0.755. The van der Waals surface area contributed by atoms with Crippen LogP contribution in [0.4, 0.5) is 0 Å². The zero-order chi connectivity index (χ0) is 14.5. The summed E-state index contributed by atoms with van der Waals surface area (Å²) in [5, 5.41) is 2.59. The average molecular weight is 281 g/mol. The van der Waals surface area contributed by atoms with Gasteiger partial charge in [-0.2, -0.15) is 0 Å². The van der Waals surface area contributed by atoms with Gasteiger partial charge >= 0.3 is 11.8 Å². The number of likely N-dealkylation sites (tertiary alicyclic amines) is 1. The Hall–Kier alpha value is -1.10. The van der Waals surface area contributed by atoms with Crippen LogP contribution >= 0.6 is 0 Å². The normalized spacial score (nSPS) is 22.4. The molecular formula is C15H27N3O2. The van der Waals surface area contributed by atoms with Gasteiger partial charge in [-0.3, -0.25) is 9.59 Å². The molecule has 0 spiro atoms. The summed E-state index contributed by atoms with van der Waals surface area (Å²) in [6, 6.07) is 0. The predicted molar refractivity (Wildman–Crippen MR) is 78.2 cm³/mol. The first-order valence-corrected chi connectivity index (χ1v) is 7.85. The molecule has 0 atom stereocenters. The predicted octanol–water partition coefficient (Wildman–Crippen LogP) is 0.703. The van der Waals surface area contributed by atoms with E-state index in [0.29, 0.717) is 19.0 Å². The number of amides is 2. The van der Waals surface area contributed by atoms with Gasteiger partial charge in [0.2, 0.25) is 0 Å². The standard InChI is InChI=1S/C15H27N3O2/c1-12(2)3-7-17-8-4-13(5-9-17)11-18-10-6-16-14(19)15(18)20/h12-13H,3-11H2,1-2H3,(H,16,19). The van der Waals surface area contributed by atoms with Gasteiger partial charge in [-0.05, 0) is 50.7 Å². The van der Waals surface area contributed by atoms with Crippen molar-refractivity contribution in [2.75, 3.05) is 39.3 Å². The highest BCUT2D eigenvalue weighted by molar-refractivity contribution is 6.35. The van der Waals surface area contributed by atoms with E-state index in [1.54, 1.807) is 4.90 Å². The van der Waals surface area contributed by atoms with Crippen molar-refractivity contribution in [1.82, 2.24) is 15.1 Å². The number of carbonyl (C=O) groups is 2. The summed E-state index contributed by atoms with van der Waals surface area (Å²) in [5.41, 5.74) is 0. The Labute approximate surface area is 121 Å². The number of rotatable bonds is 5. The van der Waals surface area contributed by atoms with Gasteiger partial charge in [0.25, 0.3) is 0 Å². The molecule has 0 aromatic carbocycles. The van der Waals surface area contributed by atoms with Crippen LogP contribution in [0.3, 0.4) is 0 Å². The first-order valence-electron chi connectivity index (χ1n) is 7.85. The van der Waals surface area contributed by atoms with Crippen molar-refractivity contribution in [2.24, 2.45) is 11.8 Å². The molecule has 2 amide bonds. The zero-order valence-electron chi connectivity index (χ0n) is 12.7. The zero-order valence-corrected chi connectivity index (χ0v) is 12.7. The molecule has 2 heterocycles. The fourth-order valence-corrected chi connectivity index (χ4v) is 2.94. The van der Waals surface area contributed by atoms with E-state index < -0.39 is 5.91 Å². The highest BCUT2D eigenvalue weighted by atomic mass is 16.2. The summed E-state index contributed by atoms with van der Waals surface area (Å²) in [7, 11) is 0. The first-order chi connectivity index (χ1) is 9.56. The molecule has 2 rings (SSSR count).